The lowest BCUT2D eigenvalue weighted by Gasteiger charge is -2.11. The number of hydrogen-bond acceptors (Lipinski definition) is 4. The van der Waals surface area contributed by atoms with Gasteiger partial charge in [0.1, 0.15) is 17.2 Å². The topological polar surface area (TPSA) is 75.9 Å². The summed E-state index contributed by atoms with van der Waals surface area (Å²) in [6.07, 6.45) is 1.66. The first-order valence-electron chi connectivity index (χ1n) is 8.15. The van der Waals surface area contributed by atoms with E-state index in [4.69, 9.17) is 16.3 Å². The van der Waals surface area contributed by atoms with Crippen molar-refractivity contribution in [2.45, 2.75) is 6.54 Å². The van der Waals surface area contributed by atoms with Gasteiger partial charge in [0.25, 0.3) is 0 Å². The molecule has 3 rings (SSSR count). The predicted octanol–water partition coefficient (Wildman–Crippen LogP) is 4.55. The molecular weight excluding hydrogens is 366 g/mol. The van der Waals surface area contributed by atoms with Crippen molar-refractivity contribution in [2.75, 3.05) is 7.05 Å². The summed E-state index contributed by atoms with van der Waals surface area (Å²) >= 11 is 6.40. The molecule has 2 aromatic carbocycles. The molecule has 0 aliphatic heterocycles. The molecule has 0 aliphatic carbocycles. The van der Waals surface area contributed by atoms with Gasteiger partial charge >= 0.3 is 5.97 Å². The Morgan fingerprint density at radius 1 is 1.30 bits per heavy atom. The molecule has 0 saturated heterocycles. The van der Waals surface area contributed by atoms with Gasteiger partial charge in [0.2, 0.25) is 0 Å². The molecule has 0 fully saturated rings. The largest absolute Gasteiger partial charge is 0.477 e. The summed E-state index contributed by atoms with van der Waals surface area (Å²) in [6.45, 7) is 3.76. The van der Waals surface area contributed by atoms with Gasteiger partial charge < -0.3 is 19.7 Å². The number of halogens is 1. The van der Waals surface area contributed by atoms with Crippen LogP contribution in [0.3, 0.4) is 0 Å². The van der Waals surface area contributed by atoms with E-state index in [1.165, 1.54) is 0 Å². The van der Waals surface area contributed by atoms with Gasteiger partial charge in [0.05, 0.1) is 22.8 Å². The van der Waals surface area contributed by atoms with Crippen molar-refractivity contribution < 1.29 is 14.6 Å². The number of aliphatic imine (C=N–C) groups is 1. The highest BCUT2D eigenvalue weighted by Gasteiger charge is 2.18. The molecule has 0 spiro atoms. The number of benzene rings is 2. The van der Waals surface area contributed by atoms with Gasteiger partial charge in [-0.2, -0.15) is 0 Å². The average Bonchev–Trinajstić information content (AvgIpc) is 3.01. The number of carboxylic acid groups (broad SMARTS) is 1. The molecule has 0 unspecified atom stereocenters. The zero-order valence-corrected chi connectivity index (χ0v) is 15.4. The summed E-state index contributed by atoms with van der Waals surface area (Å²) in [5.74, 6) is 0.120. The van der Waals surface area contributed by atoms with Gasteiger partial charge in [0, 0.05) is 30.8 Å². The molecule has 7 heteroatoms. The van der Waals surface area contributed by atoms with E-state index < -0.39 is 5.97 Å². The summed E-state index contributed by atoms with van der Waals surface area (Å²) < 4.78 is 7.49. The van der Waals surface area contributed by atoms with Gasteiger partial charge in [0.15, 0.2) is 0 Å². The number of aromatic nitrogens is 1. The third kappa shape index (κ3) is 3.96. The molecule has 0 saturated carbocycles. The van der Waals surface area contributed by atoms with Crippen molar-refractivity contribution >= 4 is 35.2 Å². The summed E-state index contributed by atoms with van der Waals surface area (Å²) in [4.78, 5) is 15.7. The van der Waals surface area contributed by atoms with Crippen LogP contribution in [0.4, 0.5) is 0 Å². The van der Waals surface area contributed by atoms with Crippen LogP contribution >= 0.6 is 11.6 Å². The van der Waals surface area contributed by atoms with E-state index in [2.05, 4.69) is 17.0 Å². The van der Waals surface area contributed by atoms with Crippen molar-refractivity contribution in [3.05, 3.63) is 71.1 Å². The highest BCUT2D eigenvalue weighted by Crippen LogP contribution is 2.34. The summed E-state index contributed by atoms with van der Waals surface area (Å²) in [6, 6.07) is 14.3. The SMILES string of the molecule is C=N/C(=C\NC)Cn1c(C(=O)O)cc2c(Cl)cc(Oc3ccccc3)cc21. The maximum atomic E-state index is 11.7. The van der Waals surface area contributed by atoms with Crippen LogP contribution < -0.4 is 10.1 Å². The Labute approximate surface area is 161 Å². The van der Waals surface area contributed by atoms with E-state index in [0.29, 0.717) is 33.1 Å². The fourth-order valence-corrected chi connectivity index (χ4v) is 3.05. The fraction of sp³-hybridized carbons (Fsp3) is 0.100. The van der Waals surface area contributed by atoms with Gasteiger partial charge in [-0.05, 0) is 24.9 Å². The van der Waals surface area contributed by atoms with E-state index in [9.17, 15) is 9.90 Å². The first-order valence-corrected chi connectivity index (χ1v) is 8.53. The summed E-state index contributed by atoms with van der Waals surface area (Å²) in [7, 11) is 1.74. The third-order valence-electron chi connectivity index (χ3n) is 3.98. The van der Waals surface area contributed by atoms with Crippen molar-refractivity contribution in [1.82, 2.24) is 9.88 Å². The standard InChI is InChI=1S/C20H18ClN3O3/c1-22-11-13(23-2)12-24-18-9-15(27-14-6-4-3-5-7-14)8-17(21)16(18)10-19(24)20(25)26/h3-11,22H,2,12H2,1H3,(H,25,26)/b13-11-. The zero-order valence-electron chi connectivity index (χ0n) is 14.6. The molecule has 138 valence electrons. The lowest BCUT2D eigenvalue weighted by atomic mass is 10.2. The average molecular weight is 384 g/mol. The van der Waals surface area contributed by atoms with Crippen molar-refractivity contribution in [3.63, 3.8) is 0 Å². The minimum Gasteiger partial charge on any atom is -0.477 e. The van der Waals surface area contributed by atoms with Gasteiger partial charge in [-0.25, -0.2) is 4.79 Å². The number of carbonyl (C=O) groups is 1. The first kappa shape index (κ1) is 18.5. The van der Waals surface area contributed by atoms with Crippen molar-refractivity contribution in [3.8, 4) is 11.5 Å². The van der Waals surface area contributed by atoms with Crippen molar-refractivity contribution in [1.29, 1.82) is 0 Å². The van der Waals surface area contributed by atoms with Gasteiger partial charge in [-0.1, -0.05) is 29.8 Å². The third-order valence-corrected chi connectivity index (χ3v) is 4.29. The second kappa shape index (κ2) is 7.97. The number of ether oxygens (including phenoxy) is 1. The molecule has 6 nitrogen and oxygen atoms in total. The molecule has 27 heavy (non-hydrogen) atoms. The Balaban J connectivity index is 2.13. The Morgan fingerprint density at radius 2 is 2.04 bits per heavy atom. The normalized spacial score (nSPS) is 11.4. The molecule has 2 N–H and O–H groups in total. The lowest BCUT2D eigenvalue weighted by molar-refractivity contribution is 0.0686. The second-order valence-corrected chi connectivity index (χ2v) is 6.16. The van der Waals surface area contributed by atoms with Crippen LogP contribution in [0, 0.1) is 0 Å². The minimum absolute atomic E-state index is 0.106. The Hall–Kier alpha value is -3.25. The van der Waals surface area contributed by atoms with Crippen LogP contribution in [0.1, 0.15) is 10.5 Å². The summed E-state index contributed by atoms with van der Waals surface area (Å²) in [5.41, 5.74) is 1.33. The van der Waals surface area contributed by atoms with E-state index in [1.54, 1.807) is 36.0 Å². The van der Waals surface area contributed by atoms with E-state index >= 15 is 0 Å². The molecule has 1 aromatic heterocycles. The van der Waals surface area contributed by atoms with Crippen LogP contribution in [0.25, 0.3) is 10.9 Å². The van der Waals surface area contributed by atoms with E-state index in [0.717, 1.165) is 0 Å². The zero-order chi connectivity index (χ0) is 19.4. The van der Waals surface area contributed by atoms with Crippen LogP contribution in [-0.2, 0) is 6.54 Å². The molecule has 0 amide bonds. The number of allylic oxidation sites excluding steroid dienone is 1. The fourth-order valence-electron chi connectivity index (χ4n) is 2.79. The predicted molar refractivity (Wildman–Crippen MR) is 107 cm³/mol. The summed E-state index contributed by atoms with van der Waals surface area (Å²) in [5, 5.41) is 13.5. The van der Waals surface area contributed by atoms with Crippen molar-refractivity contribution in [2.24, 2.45) is 4.99 Å². The smallest absolute Gasteiger partial charge is 0.352 e. The number of rotatable bonds is 7. The molecule has 0 aliphatic rings. The first-order chi connectivity index (χ1) is 13.0. The highest BCUT2D eigenvalue weighted by molar-refractivity contribution is 6.35. The molecule has 0 bridgehead atoms. The number of aromatic carboxylic acids is 1. The number of fused-ring (bicyclic) bond motifs is 1. The Morgan fingerprint density at radius 3 is 2.67 bits per heavy atom. The minimum atomic E-state index is -1.05. The van der Waals surface area contributed by atoms with Gasteiger partial charge in [-0.3, -0.25) is 4.99 Å². The van der Waals surface area contributed by atoms with Gasteiger partial charge in [-0.15, -0.1) is 0 Å². The number of nitrogens with one attached hydrogen (secondary N) is 1. The number of hydrogen-bond donors (Lipinski definition) is 2. The quantitative estimate of drug-likeness (QED) is 0.587. The lowest BCUT2D eigenvalue weighted by Crippen LogP contribution is -2.10. The second-order valence-electron chi connectivity index (χ2n) is 5.76. The van der Waals surface area contributed by atoms with Crippen LogP contribution in [0.5, 0.6) is 11.5 Å². The monoisotopic (exact) mass is 383 g/mol. The maximum Gasteiger partial charge on any atom is 0.352 e. The number of nitrogens with zero attached hydrogens (tertiary/aromatic N) is 2. The molecule has 0 atom stereocenters. The van der Waals surface area contributed by atoms with E-state index in [-0.39, 0.29) is 12.2 Å². The number of carboxylic acids is 1. The van der Waals surface area contributed by atoms with Crippen LogP contribution in [-0.4, -0.2) is 29.4 Å². The van der Waals surface area contributed by atoms with Crippen LogP contribution in [0.15, 0.2) is 65.4 Å². The number of para-hydroxylation sites is 1. The molecular formula is C20H18ClN3O3. The Bertz CT molecular complexity index is 1030. The molecule has 0 radical (unpaired) electrons. The highest BCUT2D eigenvalue weighted by atomic mass is 35.5. The Kier molecular flexibility index (Phi) is 5.47. The van der Waals surface area contributed by atoms with E-state index in [1.807, 2.05) is 30.3 Å². The molecule has 1 heterocycles. The maximum absolute atomic E-state index is 11.7. The van der Waals surface area contributed by atoms with Crippen LogP contribution in [0.2, 0.25) is 5.02 Å². The molecule has 3 aromatic rings.